The number of hydrogen-bond acceptors (Lipinski definition) is 5. The Hall–Kier alpha value is -0.520. The van der Waals surface area contributed by atoms with Crippen molar-refractivity contribution in [2.24, 2.45) is 5.92 Å². The largest absolute Gasteiger partial charge is 0.375 e. The molecule has 2 fully saturated rings. The van der Waals surface area contributed by atoms with Crippen LogP contribution in [-0.2, 0) is 4.74 Å². The van der Waals surface area contributed by atoms with Crippen LogP contribution in [0.2, 0.25) is 0 Å². The van der Waals surface area contributed by atoms with Gasteiger partial charge in [0.1, 0.15) is 0 Å². The van der Waals surface area contributed by atoms with Crippen molar-refractivity contribution in [3.05, 3.63) is 11.9 Å². The zero-order valence-corrected chi connectivity index (χ0v) is 12.4. The van der Waals surface area contributed by atoms with Gasteiger partial charge >= 0.3 is 0 Å². The molecule has 2 atom stereocenters. The van der Waals surface area contributed by atoms with E-state index in [9.17, 15) is 0 Å². The van der Waals surface area contributed by atoms with E-state index in [1.165, 1.54) is 50.3 Å². The molecule has 2 heterocycles. The maximum absolute atomic E-state index is 6.19. The number of aromatic nitrogens is 2. The maximum Gasteiger partial charge on any atom is 0.0915 e. The summed E-state index contributed by atoms with van der Waals surface area (Å²) in [4.78, 5) is 0. The molecule has 0 amide bonds. The minimum Gasteiger partial charge on any atom is -0.375 e. The summed E-state index contributed by atoms with van der Waals surface area (Å²) in [7, 11) is 2.03. The number of nitrogens with zero attached hydrogens (tertiary/aromatic N) is 2. The first kappa shape index (κ1) is 13.5. The van der Waals surface area contributed by atoms with Gasteiger partial charge in [0.05, 0.1) is 35.3 Å². The second-order valence-corrected chi connectivity index (χ2v) is 6.50. The number of rotatable bonds is 3. The van der Waals surface area contributed by atoms with Crippen LogP contribution in [0.25, 0.3) is 0 Å². The maximum atomic E-state index is 6.19. The lowest BCUT2D eigenvalue weighted by Gasteiger charge is -2.45. The van der Waals surface area contributed by atoms with Gasteiger partial charge in [-0.2, -0.15) is 8.75 Å². The minimum absolute atomic E-state index is 0.166. The average Bonchev–Trinajstić information content (AvgIpc) is 2.95. The summed E-state index contributed by atoms with van der Waals surface area (Å²) in [5.41, 5.74) is 1.27. The Morgan fingerprint density at radius 2 is 2.26 bits per heavy atom. The topological polar surface area (TPSA) is 47.0 Å². The molecule has 0 radical (unpaired) electrons. The molecule has 1 aromatic rings. The molecule has 1 aromatic heterocycles. The molecule has 1 spiro atoms. The minimum atomic E-state index is 0.166. The average molecular weight is 281 g/mol. The van der Waals surface area contributed by atoms with Crippen molar-refractivity contribution in [3.63, 3.8) is 0 Å². The fourth-order valence-corrected chi connectivity index (χ4v) is 4.29. The zero-order chi connectivity index (χ0) is 13.1. The third kappa shape index (κ3) is 2.83. The summed E-state index contributed by atoms with van der Waals surface area (Å²) in [5.74, 6) is 0.626. The Bertz CT molecular complexity index is 384. The molecule has 1 saturated heterocycles. The van der Waals surface area contributed by atoms with Gasteiger partial charge in [-0.1, -0.05) is 19.3 Å². The van der Waals surface area contributed by atoms with Crippen molar-refractivity contribution >= 4 is 11.7 Å². The highest BCUT2D eigenvalue weighted by Crippen LogP contribution is 2.43. The highest BCUT2D eigenvalue weighted by molar-refractivity contribution is 6.99. The van der Waals surface area contributed by atoms with Crippen LogP contribution in [0, 0.1) is 5.92 Å². The Balaban J connectivity index is 1.73. The summed E-state index contributed by atoms with van der Waals surface area (Å²) in [6, 6.07) is 0.335. The fraction of sp³-hybridized carbons (Fsp3) is 0.857. The Labute approximate surface area is 119 Å². The molecule has 0 aromatic carbocycles. The van der Waals surface area contributed by atoms with E-state index in [1.807, 2.05) is 13.2 Å². The zero-order valence-electron chi connectivity index (χ0n) is 11.6. The highest BCUT2D eigenvalue weighted by atomic mass is 32.1. The van der Waals surface area contributed by atoms with Gasteiger partial charge in [-0.15, -0.1) is 0 Å². The molecule has 5 heteroatoms. The van der Waals surface area contributed by atoms with Crippen molar-refractivity contribution in [3.8, 4) is 0 Å². The normalized spacial score (nSPS) is 28.4. The molecule has 106 valence electrons. The molecular weight excluding hydrogens is 258 g/mol. The van der Waals surface area contributed by atoms with Gasteiger partial charge in [0.25, 0.3) is 0 Å². The lowest BCUT2D eigenvalue weighted by molar-refractivity contribution is -0.122. The smallest absolute Gasteiger partial charge is 0.0915 e. The van der Waals surface area contributed by atoms with Crippen LogP contribution in [0.1, 0.15) is 56.7 Å². The molecular formula is C14H23N3OS. The first-order chi connectivity index (χ1) is 9.33. The van der Waals surface area contributed by atoms with E-state index in [2.05, 4.69) is 14.1 Å². The first-order valence-electron chi connectivity index (χ1n) is 7.42. The van der Waals surface area contributed by atoms with Crippen LogP contribution < -0.4 is 5.32 Å². The monoisotopic (exact) mass is 281 g/mol. The van der Waals surface area contributed by atoms with Crippen LogP contribution in [0.15, 0.2) is 6.20 Å². The van der Waals surface area contributed by atoms with Gasteiger partial charge in [-0.3, -0.25) is 0 Å². The number of hydrogen-bond donors (Lipinski definition) is 1. The van der Waals surface area contributed by atoms with Crippen LogP contribution >= 0.6 is 11.7 Å². The first-order valence-corrected chi connectivity index (χ1v) is 8.15. The van der Waals surface area contributed by atoms with Gasteiger partial charge in [-0.25, -0.2) is 0 Å². The predicted octanol–water partition coefficient (Wildman–Crippen LogP) is 2.93. The molecule has 2 unspecified atom stereocenters. The SMILES string of the molecule is CNC(c1cnsn1)C1CCOC2(CCCCC2)C1. The van der Waals surface area contributed by atoms with Crippen molar-refractivity contribution < 1.29 is 4.74 Å². The lowest BCUT2D eigenvalue weighted by atomic mass is 9.73. The van der Waals surface area contributed by atoms with Crippen molar-refractivity contribution in [2.45, 2.75) is 56.6 Å². The fourth-order valence-electron chi connectivity index (χ4n) is 3.83. The molecule has 3 rings (SSSR count). The third-order valence-electron chi connectivity index (χ3n) is 4.78. The van der Waals surface area contributed by atoms with E-state index in [1.54, 1.807) is 0 Å². The molecule has 0 bridgehead atoms. The van der Waals surface area contributed by atoms with Crippen LogP contribution in [0.5, 0.6) is 0 Å². The third-order valence-corrected chi connectivity index (χ3v) is 5.27. The van der Waals surface area contributed by atoms with E-state index in [0.717, 1.165) is 18.7 Å². The van der Waals surface area contributed by atoms with Gasteiger partial charge in [0.2, 0.25) is 0 Å². The van der Waals surface area contributed by atoms with E-state index < -0.39 is 0 Å². The molecule has 19 heavy (non-hydrogen) atoms. The molecule has 1 aliphatic carbocycles. The van der Waals surface area contributed by atoms with Crippen LogP contribution in [-0.4, -0.2) is 28.0 Å². The van der Waals surface area contributed by atoms with Gasteiger partial charge in [-0.05, 0) is 38.6 Å². The summed E-state index contributed by atoms with van der Waals surface area (Å²) < 4.78 is 14.8. The number of ether oxygens (including phenoxy) is 1. The molecule has 1 saturated carbocycles. The molecule has 1 N–H and O–H groups in total. The lowest BCUT2D eigenvalue weighted by Crippen LogP contribution is -2.44. The van der Waals surface area contributed by atoms with E-state index >= 15 is 0 Å². The summed E-state index contributed by atoms with van der Waals surface area (Å²) in [5, 5.41) is 3.44. The Morgan fingerprint density at radius 3 is 2.95 bits per heavy atom. The predicted molar refractivity (Wildman–Crippen MR) is 76.2 cm³/mol. The van der Waals surface area contributed by atoms with E-state index in [-0.39, 0.29) is 5.60 Å². The van der Waals surface area contributed by atoms with E-state index in [4.69, 9.17) is 4.74 Å². The van der Waals surface area contributed by atoms with Gasteiger partial charge < -0.3 is 10.1 Å². The van der Waals surface area contributed by atoms with Crippen molar-refractivity contribution in [1.29, 1.82) is 0 Å². The standard InChI is InChI=1S/C14H23N3OS/c1-15-13(12-10-16-19-17-12)11-5-8-18-14(9-11)6-3-2-4-7-14/h10-11,13,15H,2-9H2,1H3. The molecule has 2 aliphatic rings. The second kappa shape index (κ2) is 5.85. The highest BCUT2D eigenvalue weighted by Gasteiger charge is 2.41. The summed E-state index contributed by atoms with van der Waals surface area (Å²) in [6.07, 6.45) is 10.7. The summed E-state index contributed by atoms with van der Waals surface area (Å²) in [6.45, 7) is 0.903. The quantitative estimate of drug-likeness (QED) is 0.925. The molecule has 4 nitrogen and oxygen atoms in total. The summed E-state index contributed by atoms with van der Waals surface area (Å²) >= 11 is 1.30. The van der Waals surface area contributed by atoms with Gasteiger partial charge in [0, 0.05) is 6.61 Å². The van der Waals surface area contributed by atoms with Crippen molar-refractivity contribution in [1.82, 2.24) is 14.1 Å². The Kier molecular flexibility index (Phi) is 4.15. The van der Waals surface area contributed by atoms with Crippen molar-refractivity contribution in [2.75, 3.05) is 13.7 Å². The van der Waals surface area contributed by atoms with E-state index in [0.29, 0.717) is 12.0 Å². The van der Waals surface area contributed by atoms with Gasteiger partial charge in [0.15, 0.2) is 0 Å². The molecule has 1 aliphatic heterocycles. The second-order valence-electron chi connectivity index (χ2n) is 5.94. The Morgan fingerprint density at radius 1 is 1.42 bits per heavy atom. The van der Waals surface area contributed by atoms with Crippen LogP contribution in [0.4, 0.5) is 0 Å². The number of nitrogens with one attached hydrogen (secondary N) is 1. The van der Waals surface area contributed by atoms with Crippen LogP contribution in [0.3, 0.4) is 0 Å².